The number of hydrogen-bond donors (Lipinski definition) is 1. The molecule has 0 aliphatic carbocycles. The van der Waals surface area contributed by atoms with Gasteiger partial charge in [-0.3, -0.25) is 4.40 Å². The number of aromatic nitrogens is 3. The van der Waals surface area contributed by atoms with Crippen LogP contribution in [0.4, 0.5) is 5.82 Å². The minimum Gasteiger partial charge on any atom is -0.436 e. The minimum atomic E-state index is 0.115. The van der Waals surface area contributed by atoms with Gasteiger partial charge in [-0.2, -0.15) is 4.98 Å². The van der Waals surface area contributed by atoms with Crippen LogP contribution in [0, 0.1) is 0 Å². The molecule has 0 bridgehead atoms. The van der Waals surface area contributed by atoms with Crippen LogP contribution in [-0.2, 0) is 5.41 Å². The number of benzene rings is 1. The van der Waals surface area contributed by atoms with Crippen molar-refractivity contribution in [2.24, 2.45) is 0 Å². The lowest BCUT2D eigenvalue weighted by Crippen LogP contribution is -2.10. The van der Waals surface area contributed by atoms with E-state index in [0.29, 0.717) is 23.1 Å². The monoisotopic (exact) mass is 282 g/mol. The van der Waals surface area contributed by atoms with Crippen LogP contribution in [0.2, 0.25) is 0 Å². The first kappa shape index (κ1) is 13.4. The van der Waals surface area contributed by atoms with E-state index in [1.54, 1.807) is 16.8 Å². The molecule has 2 aromatic heterocycles. The second-order valence-corrected chi connectivity index (χ2v) is 6.01. The number of imidazole rings is 1. The molecule has 0 fully saturated rings. The zero-order valence-corrected chi connectivity index (χ0v) is 12.4. The summed E-state index contributed by atoms with van der Waals surface area (Å²) in [6.45, 7) is 6.53. The van der Waals surface area contributed by atoms with Crippen molar-refractivity contribution in [3.63, 3.8) is 0 Å². The van der Waals surface area contributed by atoms with Gasteiger partial charge in [-0.25, -0.2) is 4.98 Å². The molecule has 0 amide bonds. The molecule has 5 nitrogen and oxygen atoms in total. The normalized spacial score (nSPS) is 11.8. The van der Waals surface area contributed by atoms with E-state index in [1.807, 2.05) is 18.3 Å². The highest BCUT2D eigenvalue weighted by molar-refractivity contribution is 5.54. The molecule has 2 heterocycles. The Hall–Kier alpha value is -2.56. The molecule has 5 heteroatoms. The summed E-state index contributed by atoms with van der Waals surface area (Å²) in [5.41, 5.74) is 7.79. The number of anilines is 1. The van der Waals surface area contributed by atoms with E-state index in [9.17, 15) is 0 Å². The summed E-state index contributed by atoms with van der Waals surface area (Å²) >= 11 is 0. The Morgan fingerprint density at radius 2 is 1.86 bits per heavy atom. The molecule has 0 unspecified atom stereocenters. The van der Waals surface area contributed by atoms with Gasteiger partial charge in [0, 0.05) is 12.4 Å². The number of fused-ring (bicyclic) bond motifs is 1. The second-order valence-electron chi connectivity index (χ2n) is 6.01. The molecule has 0 saturated heterocycles. The Kier molecular flexibility index (Phi) is 3.05. The second kappa shape index (κ2) is 4.77. The summed E-state index contributed by atoms with van der Waals surface area (Å²) in [5.74, 6) is 1.51. The maximum Gasteiger partial charge on any atom is 0.265 e. The number of rotatable bonds is 2. The molecule has 0 atom stereocenters. The van der Waals surface area contributed by atoms with Crippen LogP contribution in [0.15, 0.2) is 42.9 Å². The topological polar surface area (TPSA) is 65.4 Å². The quantitative estimate of drug-likeness (QED) is 0.782. The molecule has 0 aliphatic heterocycles. The summed E-state index contributed by atoms with van der Waals surface area (Å²) in [6, 6.07) is 7.99. The van der Waals surface area contributed by atoms with Gasteiger partial charge in [0.05, 0.1) is 6.20 Å². The lowest BCUT2D eigenvalue weighted by Gasteiger charge is -2.19. The first-order chi connectivity index (χ1) is 9.93. The fourth-order valence-corrected chi connectivity index (χ4v) is 2.12. The van der Waals surface area contributed by atoms with E-state index in [0.717, 1.165) is 0 Å². The van der Waals surface area contributed by atoms with Gasteiger partial charge in [0.25, 0.3) is 5.88 Å². The fourth-order valence-electron chi connectivity index (χ4n) is 2.12. The molecule has 0 radical (unpaired) electrons. The van der Waals surface area contributed by atoms with Gasteiger partial charge >= 0.3 is 0 Å². The van der Waals surface area contributed by atoms with Crippen molar-refractivity contribution in [1.29, 1.82) is 0 Å². The number of hydrogen-bond acceptors (Lipinski definition) is 4. The highest BCUT2D eigenvalue weighted by Crippen LogP contribution is 2.28. The van der Waals surface area contributed by atoms with Crippen molar-refractivity contribution in [3.8, 4) is 11.6 Å². The summed E-state index contributed by atoms with van der Waals surface area (Å²) in [4.78, 5) is 8.44. The van der Waals surface area contributed by atoms with Gasteiger partial charge in [0.1, 0.15) is 11.6 Å². The van der Waals surface area contributed by atoms with Crippen molar-refractivity contribution in [3.05, 3.63) is 48.4 Å². The Morgan fingerprint density at radius 1 is 1.14 bits per heavy atom. The smallest absolute Gasteiger partial charge is 0.265 e. The predicted octanol–water partition coefficient (Wildman–Crippen LogP) is 3.40. The number of nitrogens with zero attached hydrogens (tertiary/aromatic N) is 3. The van der Waals surface area contributed by atoms with Crippen LogP contribution in [0.25, 0.3) is 5.65 Å². The predicted molar refractivity (Wildman–Crippen MR) is 82.6 cm³/mol. The lowest BCUT2D eigenvalue weighted by atomic mass is 9.87. The average Bonchev–Trinajstić information content (AvgIpc) is 2.86. The summed E-state index contributed by atoms with van der Waals surface area (Å²) in [7, 11) is 0. The van der Waals surface area contributed by atoms with Crippen LogP contribution < -0.4 is 10.5 Å². The first-order valence-electron chi connectivity index (χ1n) is 6.81. The van der Waals surface area contributed by atoms with Gasteiger partial charge in [0.2, 0.25) is 5.65 Å². The van der Waals surface area contributed by atoms with Crippen molar-refractivity contribution >= 4 is 11.5 Å². The van der Waals surface area contributed by atoms with E-state index in [2.05, 4.69) is 42.9 Å². The summed E-state index contributed by atoms with van der Waals surface area (Å²) in [5, 5.41) is 0. The maximum atomic E-state index is 5.82. The molecule has 0 spiro atoms. The molecule has 0 saturated carbocycles. The van der Waals surface area contributed by atoms with Crippen LogP contribution in [0.5, 0.6) is 11.6 Å². The van der Waals surface area contributed by atoms with Crippen LogP contribution >= 0.6 is 0 Å². The van der Waals surface area contributed by atoms with E-state index >= 15 is 0 Å². The SMILES string of the molecule is CC(C)(C)c1ccc(Oc2nc(N)cn3ccnc23)cc1. The third-order valence-corrected chi connectivity index (χ3v) is 3.30. The molecule has 3 rings (SSSR count). The first-order valence-corrected chi connectivity index (χ1v) is 6.81. The van der Waals surface area contributed by atoms with Gasteiger partial charge in [0.15, 0.2) is 0 Å². The Bertz CT molecular complexity index is 769. The highest BCUT2D eigenvalue weighted by atomic mass is 16.5. The van der Waals surface area contributed by atoms with Gasteiger partial charge in [-0.15, -0.1) is 0 Å². The van der Waals surface area contributed by atoms with Crippen LogP contribution in [-0.4, -0.2) is 14.4 Å². The highest BCUT2D eigenvalue weighted by Gasteiger charge is 2.14. The zero-order valence-electron chi connectivity index (χ0n) is 12.4. The fraction of sp³-hybridized carbons (Fsp3) is 0.250. The van der Waals surface area contributed by atoms with Crippen LogP contribution in [0.1, 0.15) is 26.3 Å². The molecular weight excluding hydrogens is 264 g/mol. The largest absolute Gasteiger partial charge is 0.436 e. The maximum absolute atomic E-state index is 5.82. The minimum absolute atomic E-state index is 0.115. The molecule has 3 aromatic rings. The summed E-state index contributed by atoms with van der Waals surface area (Å²) < 4.78 is 7.62. The van der Waals surface area contributed by atoms with E-state index in [-0.39, 0.29) is 5.41 Å². The van der Waals surface area contributed by atoms with Crippen LogP contribution in [0.3, 0.4) is 0 Å². The number of ether oxygens (including phenoxy) is 1. The standard InChI is InChI=1S/C16H18N4O/c1-16(2,3)11-4-6-12(7-5-11)21-15-14-18-8-9-20(14)10-13(17)19-15/h4-10H,17H2,1-3H3. The molecular formula is C16H18N4O. The van der Waals surface area contributed by atoms with Crippen molar-refractivity contribution in [2.75, 3.05) is 5.73 Å². The molecule has 2 N–H and O–H groups in total. The summed E-state index contributed by atoms with van der Waals surface area (Å²) in [6.07, 6.45) is 5.20. The third-order valence-electron chi connectivity index (χ3n) is 3.30. The van der Waals surface area contributed by atoms with Gasteiger partial charge in [-0.05, 0) is 23.1 Å². The number of nitrogens with two attached hydrogens (primary N) is 1. The van der Waals surface area contributed by atoms with E-state index in [1.165, 1.54) is 5.56 Å². The Labute approximate surface area is 123 Å². The van der Waals surface area contributed by atoms with Gasteiger partial charge < -0.3 is 10.5 Å². The molecule has 108 valence electrons. The number of nitrogen functional groups attached to an aromatic ring is 1. The Balaban J connectivity index is 1.93. The third kappa shape index (κ3) is 2.67. The van der Waals surface area contributed by atoms with Crippen molar-refractivity contribution in [1.82, 2.24) is 14.4 Å². The zero-order chi connectivity index (χ0) is 15.0. The van der Waals surface area contributed by atoms with E-state index < -0.39 is 0 Å². The van der Waals surface area contributed by atoms with E-state index in [4.69, 9.17) is 10.5 Å². The lowest BCUT2D eigenvalue weighted by molar-refractivity contribution is 0.465. The van der Waals surface area contributed by atoms with Gasteiger partial charge in [-0.1, -0.05) is 32.9 Å². The Morgan fingerprint density at radius 3 is 2.52 bits per heavy atom. The van der Waals surface area contributed by atoms with Crippen molar-refractivity contribution < 1.29 is 4.74 Å². The molecule has 0 aliphatic rings. The van der Waals surface area contributed by atoms with Crippen molar-refractivity contribution in [2.45, 2.75) is 26.2 Å². The molecule has 21 heavy (non-hydrogen) atoms. The average molecular weight is 282 g/mol. The molecule has 1 aromatic carbocycles.